The molecule has 0 aliphatic carbocycles. The van der Waals surface area contributed by atoms with Crippen LogP contribution in [-0.2, 0) is 16.1 Å². The van der Waals surface area contributed by atoms with Gasteiger partial charge in [0, 0.05) is 24.1 Å². The van der Waals surface area contributed by atoms with Crippen LogP contribution in [0.5, 0.6) is 0 Å². The average Bonchev–Trinajstić information content (AvgIpc) is 2.44. The topological polar surface area (TPSA) is 49.9 Å². The molecule has 1 aliphatic heterocycles. The summed E-state index contributed by atoms with van der Waals surface area (Å²) in [6, 6.07) is 5.54. The number of hydrogen-bond acceptors (Lipinski definition) is 3. The number of amides is 2. The van der Waals surface area contributed by atoms with Gasteiger partial charge in [-0.2, -0.15) is 0 Å². The molecule has 1 unspecified atom stereocenters. The third-order valence-corrected chi connectivity index (χ3v) is 4.53. The molecule has 132 valence electrons. The maximum atomic E-state index is 12.7. The number of ether oxygens (including phenoxy) is 1. The second kappa shape index (κ2) is 7.13. The van der Waals surface area contributed by atoms with Crippen molar-refractivity contribution in [3.63, 3.8) is 0 Å². The van der Waals surface area contributed by atoms with Crippen molar-refractivity contribution in [2.75, 3.05) is 13.1 Å². The van der Waals surface area contributed by atoms with Crippen molar-refractivity contribution in [2.24, 2.45) is 0 Å². The zero-order valence-corrected chi connectivity index (χ0v) is 16.5. The van der Waals surface area contributed by atoms with Crippen molar-refractivity contribution >= 4 is 27.9 Å². The van der Waals surface area contributed by atoms with E-state index in [9.17, 15) is 9.59 Å². The highest BCUT2D eigenvalue weighted by Gasteiger charge is 2.36. The number of carbonyl (C=O) groups is 2. The molecule has 2 rings (SSSR count). The van der Waals surface area contributed by atoms with Crippen LogP contribution < -0.4 is 0 Å². The van der Waals surface area contributed by atoms with Crippen LogP contribution >= 0.6 is 15.9 Å². The van der Waals surface area contributed by atoms with Gasteiger partial charge >= 0.3 is 6.09 Å². The lowest BCUT2D eigenvalue weighted by atomic mass is 10.1. The standard InChI is InChI=1S/C18H25BrN2O3/c1-12-10-15(19)7-6-14(12)11-20-8-9-21(13(2)16(20)22)17(23)24-18(3,4)5/h6-7,10,13H,8-9,11H2,1-5H3. The van der Waals surface area contributed by atoms with Crippen LogP contribution in [0.1, 0.15) is 38.8 Å². The van der Waals surface area contributed by atoms with Gasteiger partial charge in [0.1, 0.15) is 11.6 Å². The van der Waals surface area contributed by atoms with Crippen molar-refractivity contribution in [3.8, 4) is 0 Å². The molecule has 24 heavy (non-hydrogen) atoms. The van der Waals surface area contributed by atoms with Crippen molar-refractivity contribution < 1.29 is 14.3 Å². The molecule has 1 heterocycles. The van der Waals surface area contributed by atoms with Gasteiger partial charge in [0.05, 0.1) is 0 Å². The summed E-state index contributed by atoms with van der Waals surface area (Å²) in [5, 5.41) is 0. The lowest BCUT2D eigenvalue weighted by Gasteiger charge is -2.39. The van der Waals surface area contributed by atoms with E-state index in [-0.39, 0.29) is 5.91 Å². The number of rotatable bonds is 2. The first kappa shape index (κ1) is 18.8. The Labute approximate surface area is 152 Å². The molecule has 1 saturated heterocycles. The SMILES string of the molecule is Cc1cc(Br)ccc1CN1CCN(C(=O)OC(C)(C)C)C(C)C1=O. The third kappa shape index (κ3) is 4.50. The summed E-state index contributed by atoms with van der Waals surface area (Å²) in [7, 11) is 0. The Morgan fingerprint density at radius 1 is 1.33 bits per heavy atom. The second-order valence-electron chi connectivity index (χ2n) is 7.18. The molecule has 6 heteroatoms. The molecule has 1 fully saturated rings. The van der Waals surface area contributed by atoms with Gasteiger partial charge < -0.3 is 9.64 Å². The summed E-state index contributed by atoms with van der Waals surface area (Å²) in [5.41, 5.74) is 1.69. The molecule has 1 atom stereocenters. The quantitative estimate of drug-likeness (QED) is 0.764. The zero-order valence-electron chi connectivity index (χ0n) is 14.9. The lowest BCUT2D eigenvalue weighted by molar-refractivity contribution is -0.141. The highest BCUT2D eigenvalue weighted by molar-refractivity contribution is 9.10. The summed E-state index contributed by atoms with van der Waals surface area (Å²) in [6.07, 6.45) is -0.428. The predicted octanol–water partition coefficient (Wildman–Crippen LogP) is 3.73. The summed E-state index contributed by atoms with van der Waals surface area (Å²) < 4.78 is 6.42. The normalized spacial score (nSPS) is 18.8. The van der Waals surface area contributed by atoms with Crippen molar-refractivity contribution in [3.05, 3.63) is 33.8 Å². The first-order valence-corrected chi connectivity index (χ1v) is 8.91. The Hall–Kier alpha value is -1.56. The fraction of sp³-hybridized carbons (Fsp3) is 0.556. The van der Waals surface area contributed by atoms with Gasteiger partial charge in [-0.15, -0.1) is 0 Å². The third-order valence-electron chi connectivity index (χ3n) is 4.04. The second-order valence-corrected chi connectivity index (χ2v) is 8.10. The Morgan fingerprint density at radius 2 is 2.00 bits per heavy atom. The van der Waals surface area contributed by atoms with Gasteiger partial charge in [-0.3, -0.25) is 9.69 Å². The Balaban J connectivity index is 2.05. The number of hydrogen-bond donors (Lipinski definition) is 0. The number of piperazine rings is 1. The van der Waals surface area contributed by atoms with Crippen LogP contribution in [-0.4, -0.2) is 46.5 Å². The Kier molecular flexibility index (Phi) is 5.58. The minimum Gasteiger partial charge on any atom is -0.444 e. The molecule has 0 aromatic heterocycles. The number of carbonyl (C=O) groups excluding carboxylic acids is 2. The van der Waals surface area contributed by atoms with Gasteiger partial charge in [0.15, 0.2) is 0 Å². The molecule has 5 nitrogen and oxygen atoms in total. The highest BCUT2D eigenvalue weighted by Crippen LogP contribution is 2.21. The van der Waals surface area contributed by atoms with Gasteiger partial charge in [0.25, 0.3) is 0 Å². The molecular weight excluding hydrogens is 372 g/mol. The van der Waals surface area contributed by atoms with Crippen molar-refractivity contribution in [1.82, 2.24) is 9.80 Å². The molecule has 1 aromatic rings. The van der Waals surface area contributed by atoms with Crippen molar-refractivity contribution in [1.29, 1.82) is 0 Å². The molecule has 0 spiro atoms. The van der Waals surface area contributed by atoms with E-state index in [0.29, 0.717) is 19.6 Å². The smallest absolute Gasteiger partial charge is 0.411 e. The minimum atomic E-state index is -0.564. The van der Waals surface area contributed by atoms with E-state index < -0.39 is 17.7 Å². The van der Waals surface area contributed by atoms with Crippen LogP contribution in [0, 0.1) is 6.92 Å². The molecular formula is C18H25BrN2O3. The van der Waals surface area contributed by atoms with Crippen LogP contribution in [0.15, 0.2) is 22.7 Å². The molecule has 1 aliphatic rings. The Morgan fingerprint density at radius 3 is 2.58 bits per heavy atom. The summed E-state index contributed by atoms with van der Waals surface area (Å²) >= 11 is 3.45. The summed E-state index contributed by atoms with van der Waals surface area (Å²) in [6.45, 7) is 10.8. The van der Waals surface area contributed by atoms with E-state index in [0.717, 1.165) is 15.6 Å². The maximum absolute atomic E-state index is 12.7. The largest absolute Gasteiger partial charge is 0.444 e. The number of aryl methyl sites for hydroxylation is 1. The summed E-state index contributed by atoms with van der Waals surface area (Å²) in [5.74, 6) is -0.0468. The molecule has 1 aromatic carbocycles. The van der Waals surface area contributed by atoms with Crippen LogP contribution in [0.25, 0.3) is 0 Å². The average molecular weight is 397 g/mol. The van der Waals surface area contributed by atoms with Gasteiger partial charge in [-0.25, -0.2) is 4.79 Å². The van der Waals surface area contributed by atoms with Crippen molar-refractivity contribution in [2.45, 2.75) is 52.8 Å². The molecule has 0 saturated carbocycles. The molecule has 0 bridgehead atoms. The number of halogens is 1. The van der Waals surface area contributed by atoms with Crippen LogP contribution in [0.2, 0.25) is 0 Å². The molecule has 0 N–H and O–H groups in total. The lowest BCUT2D eigenvalue weighted by Crippen LogP contribution is -2.57. The number of benzene rings is 1. The van der Waals surface area contributed by atoms with Gasteiger partial charge in [-0.1, -0.05) is 22.0 Å². The van der Waals surface area contributed by atoms with Crippen LogP contribution in [0.4, 0.5) is 4.79 Å². The number of nitrogens with zero attached hydrogens (tertiary/aromatic N) is 2. The van der Waals surface area contributed by atoms with E-state index in [1.807, 2.05) is 50.8 Å². The van der Waals surface area contributed by atoms with E-state index in [1.54, 1.807) is 6.92 Å². The van der Waals surface area contributed by atoms with E-state index in [2.05, 4.69) is 15.9 Å². The van der Waals surface area contributed by atoms with Gasteiger partial charge in [-0.05, 0) is 57.9 Å². The van der Waals surface area contributed by atoms with E-state index >= 15 is 0 Å². The molecule has 2 amide bonds. The van der Waals surface area contributed by atoms with Crippen LogP contribution in [0.3, 0.4) is 0 Å². The van der Waals surface area contributed by atoms with Gasteiger partial charge in [0.2, 0.25) is 5.91 Å². The minimum absolute atomic E-state index is 0.0468. The monoisotopic (exact) mass is 396 g/mol. The highest BCUT2D eigenvalue weighted by atomic mass is 79.9. The Bertz CT molecular complexity index is 640. The zero-order chi connectivity index (χ0) is 18.1. The molecule has 0 radical (unpaired) electrons. The van der Waals surface area contributed by atoms with E-state index in [1.165, 1.54) is 4.90 Å². The predicted molar refractivity (Wildman–Crippen MR) is 96.7 cm³/mol. The fourth-order valence-corrected chi connectivity index (χ4v) is 3.17. The first-order valence-electron chi connectivity index (χ1n) is 8.12. The fourth-order valence-electron chi connectivity index (χ4n) is 2.70. The summed E-state index contributed by atoms with van der Waals surface area (Å²) in [4.78, 5) is 28.2. The van der Waals surface area contributed by atoms with E-state index in [4.69, 9.17) is 4.74 Å². The maximum Gasteiger partial charge on any atom is 0.411 e. The first-order chi connectivity index (χ1) is 11.1.